The number of aromatic nitrogens is 3. The molecule has 4 rings (SSSR count). The summed E-state index contributed by atoms with van der Waals surface area (Å²) in [5.74, 6) is 1.04. The van der Waals surface area contributed by atoms with Gasteiger partial charge in [0, 0.05) is 17.2 Å². The molecule has 0 bridgehead atoms. The lowest BCUT2D eigenvalue weighted by Gasteiger charge is -2.35. The second-order valence-electron chi connectivity index (χ2n) is 8.87. The molecule has 35 heavy (non-hydrogen) atoms. The van der Waals surface area contributed by atoms with Gasteiger partial charge in [-0.05, 0) is 53.4 Å². The van der Waals surface area contributed by atoms with E-state index in [1.807, 2.05) is 54.6 Å². The molecule has 0 fully saturated rings. The molecule has 0 amide bonds. The van der Waals surface area contributed by atoms with Crippen molar-refractivity contribution >= 4 is 0 Å². The molecule has 0 radical (unpaired) electrons. The second kappa shape index (κ2) is 9.86. The predicted octanol–water partition coefficient (Wildman–Crippen LogP) is 7.10. The second-order valence-corrected chi connectivity index (χ2v) is 8.87. The number of hydrogen-bond donors (Lipinski definition) is 0. The monoisotopic (exact) mass is 477 g/mol. The highest BCUT2D eigenvalue weighted by Gasteiger charge is 2.34. The van der Waals surface area contributed by atoms with Crippen LogP contribution in [0.2, 0.25) is 0 Å². The summed E-state index contributed by atoms with van der Waals surface area (Å²) in [5.41, 5.74) is 2.91. The van der Waals surface area contributed by atoms with Crippen LogP contribution in [0.3, 0.4) is 0 Å². The minimum absolute atomic E-state index is 0.277. The fourth-order valence-corrected chi connectivity index (χ4v) is 4.00. The molecule has 0 N–H and O–H groups in total. The molecule has 180 valence electrons. The Morgan fingerprint density at radius 1 is 0.800 bits per heavy atom. The van der Waals surface area contributed by atoms with Gasteiger partial charge in [0.25, 0.3) is 0 Å². The number of halogens is 3. The van der Waals surface area contributed by atoms with Gasteiger partial charge in [-0.2, -0.15) is 13.2 Å². The van der Waals surface area contributed by atoms with Crippen LogP contribution >= 0.6 is 0 Å². The third-order valence-electron chi connectivity index (χ3n) is 6.46. The molecule has 1 atom stereocenters. The largest absolute Gasteiger partial charge is 0.487 e. The first-order valence-electron chi connectivity index (χ1n) is 11.3. The topological polar surface area (TPSA) is 47.9 Å². The average molecular weight is 478 g/mol. The summed E-state index contributed by atoms with van der Waals surface area (Å²) >= 11 is 0. The van der Waals surface area contributed by atoms with E-state index in [2.05, 4.69) is 48.1 Å². The van der Waals surface area contributed by atoms with E-state index in [1.54, 1.807) is 6.20 Å². The molecule has 0 aliphatic rings. The first kappa shape index (κ1) is 24.4. The summed E-state index contributed by atoms with van der Waals surface area (Å²) in [7, 11) is 0. The maximum atomic E-state index is 12.8. The molecule has 2 aromatic carbocycles. The normalized spacial score (nSPS) is 13.5. The van der Waals surface area contributed by atoms with Crippen molar-refractivity contribution in [3.8, 4) is 17.0 Å². The highest BCUT2D eigenvalue weighted by Crippen LogP contribution is 2.40. The summed E-state index contributed by atoms with van der Waals surface area (Å²) in [6, 6.07) is 23.8. The summed E-state index contributed by atoms with van der Waals surface area (Å²) in [4.78, 5) is 4.27. The number of ether oxygens (including phenoxy) is 1. The van der Waals surface area contributed by atoms with Gasteiger partial charge in [-0.25, -0.2) is 0 Å². The highest BCUT2D eigenvalue weighted by atomic mass is 19.4. The first-order valence-corrected chi connectivity index (χ1v) is 11.3. The number of benzene rings is 2. The Hall–Kier alpha value is -3.74. The van der Waals surface area contributed by atoms with Gasteiger partial charge in [-0.15, -0.1) is 10.2 Å². The van der Waals surface area contributed by atoms with Crippen LogP contribution < -0.4 is 4.74 Å². The molecule has 0 saturated heterocycles. The standard InChI is InChI=1S/C28H26F3N3O/c1-19(2)27(3,22-11-13-24(14-12-22)35-18-23-6-4-5-17-32-23)21-9-7-20(8-10-21)25-15-16-26(34-33-25)28(29,30)31/h4-17,19H,18H2,1-3H3. The molecule has 2 aromatic heterocycles. The fourth-order valence-electron chi connectivity index (χ4n) is 4.00. The molecule has 0 spiro atoms. The van der Waals surface area contributed by atoms with Crippen molar-refractivity contribution in [3.05, 3.63) is 108 Å². The van der Waals surface area contributed by atoms with Crippen LogP contribution in [0.4, 0.5) is 13.2 Å². The third kappa shape index (κ3) is 5.34. The lowest BCUT2D eigenvalue weighted by molar-refractivity contribution is -0.141. The first-order chi connectivity index (χ1) is 16.7. The van der Waals surface area contributed by atoms with Crippen LogP contribution in [0.25, 0.3) is 11.3 Å². The quantitative estimate of drug-likeness (QED) is 0.285. The van der Waals surface area contributed by atoms with E-state index < -0.39 is 11.9 Å². The van der Waals surface area contributed by atoms with Gasteiger partial charge in [0.1, 0.15) is 12.4 Å². The van der Waals surface area contributed by atoms with Crippen LogP contribution in [0.1, 0.15) is 43.3 Å². The molecular formula is C28H26F3N3O. The number of hydrogen-bond acceptors (Lipinski definition) is 4. The van der Waals surface area contributed by atoms with Gasteiger partial charge in [-0.1, -0.05) is 63.2 Å². The fraction of sp³-hybridized carbons (Fsp3) is 0.250. The Bertz CT molecular complexity index is 1240. The van der Waals surface area contributed by atoms with Crippen LogP contribution in [0.15, 0.2) is 85.1 Å². The van der Waals surface area contributed by atoms with E-state index in [0.717, 1.165) is 28.6 Å². The molecule has 4 aromatic rings. The Morgan fingerprint density at radius 2 is 1.46 bits per heavy atom. The Morgan fingerprint density at radius 3 is 1.97 bits per heavy atom. The van der Waals surface area contributed by atoms with Crippen molar-refractivity contribution in [2.45, 2.75) is 39.0 Å². The van der Waals surface area contributed by atoms with Crippen molar-refractivity contribution in [2.75, 3.05) is 0 Å². The zero-order valence-corrected chi connectivity index (χ0v) is 19.8. The summed E-state index contributed by atoms with van der Waals surface area (Å²) in [6.07, 6.45) is -2.77. The van der Waals surface area contributed by atoms with Gasteiger partial charge in [0.05, 0.1) is 11.4 Å². The molecule has 0 aliphatic heterocycles. The number of pyridine rings is 1. The zero-order chi connectivity index (χ0) is 25.1. The van der Waals surface area contributed by atoms with E-state index in [-0.39, 0.29) is 11.3 Å². The molecule has 0 aliphatic carbocycles. The predicted molar refractivity (Wildman–Crippen MR) is 129 cm³/mol. The van der Waals surface area contributed by atoms with Gasteiger partial charge < -0.3 is 4.74 Å². The van der Waals surface area contributed by atoms with Crippen LogP contribution in [0.5, 0.6) is 5.75 Å². The van der Waals surface area contributed by atoms with Crippen molar-refractivity contribution in [1.82, 2.24) is 15.2 Å². The minimum atomic E-state index is -4.51. The Kier molecular flexibility index (Phi) is 6.87. The smallest absolute Gasteiger partial charge is 0.435 e. The maximum Gasteiger partial charge on any atom is 0.435 e. The van der Waals surface area contributed by atoms with Crippen LogP contribution in [-0.2, 0) is 18.2 Å². The lowest BCUT2D eigenvalue weighted by Crippen LogP contribution is -2.30. The third-order valence-corrected chi connectivity index (χ3v) is 6.46. The van der Waals surface area contributed by atoms with Gasteiger partial charge in [0.15, 0.2) is 5.69 Å². The van der Waals surface area contributed by atoms with E-state index in [1.165, 1.54) is 6.07 Å². The molecule has 2 heterocycles. The van der Waals surface area contributed by atoms with Crippen LogP contribution in [0, 0.1) is 5.92 Å². The number of rotatable bonds is 7. The van der Waals surface area contributed by atoms with E-state index >= 15 is 0 Å². The van der Waals surface area contributed by atoms with Crippen molar-refractivity contribution < 1.29 is 17.9 Å². The van der Waals surface area contributed by atoms with Crippen LogP contribution in [-0.4, -0.2) is 15.2 Å². The van der Waals surface area contributed by atoms with E-state index in [0.29, 0.717) is 17.9 Å². The maximum absolute atomic E-state index is 12.8. The Labute approximate surface area is 202 Å². The molecule has 4 nitrogen and oxygen atoms in total. The summed E-state index contributed by atoms with van der Waals surface area (Å²) in [5, 5.41) is 7.09. The van der Waals surface area contributed by atoms with Gasteiger partial charge >= 0.3 is 6.18 Å². The van der Waals surface area contributed by atoms with Gasteiger partial charge in [-0.3, -0.25) is 4.98 Å². The molecule has 7 heteroatoms. The summed E-state index contributed by atoms with van der Waals surface area (Å²) in [6.45, 7) is 6.92. The van der Waals surface area contributed by atoms with Crippen molar-refractivity contribution in [3.63, 3.8) is 0 Å². The van der Waals surface area contributed by atoms with Crippen molar-refractivity contribution in [1.29, 1.82) is 0 Å². The number of alkyl halides is 3. The highest BCUT2D eigenvalue weighted by molar-refractivity contribution is 5.60. The average Bonchev–Trinajstić information content (AvgIpc) is 2.87. The molecule has 0 saturated carbocycles. The minimum Gasteiger partial charge on any atom is -0.487 e. The van der Waals surface area contributed by atoms with Crippen molar-refractivity contribution in [2.24, 2.45) is 5.92 Å². The molecule has 1 unspecified atom stereocenters. The molecular weight excluding hydrogens is 451 g/mol. The number of nitrogens with zero attached hydrogens (tertiary/aromatic N) is 3. The lowest BCUT2D eigenvalue weighted by atomic mass is 9.68. The Balaban J connectivity index is 1.54. The van der Waals surface area contributed by atoms with E-state index in [9.17, 15) is 13.2 Å². The zero-order valence-electron chi connectivity index (χ0n) is 19.8. The van der Waals surface area contributed by atoms with Gasteiger partial charge in [0.2, 0.25) is 0 Å². The SMILES string of the molecule is CC(C)C(C)(c1ccc(OCc2ccccn2)cc1)c1ccc(-c2ccc(C(F)(F)F)nn2)cc1. The van der Waals surface area contributed by atoms with E-state index in [4.69, 9.17) is 4.74 Å². The summed E-state index contributed by atoms with van der Waals surface area (Å²) < 4.78 is 44.2.